The number of aromatic nitrogens is 5. The number of benzene rings is 1. The van der Waals surface area contributed by atoms with Gasteiger partial charge in [-0.2, -0.15) is 0 Å². The molecule has 1 N–H and O–H groups in total. The summed E-state index contributed by atoms with van der Waals surface area (Å²) in [6.07, 6.45) is -0.184. The summed E-state index contributed by atoms with van der Waals surface area (Å²) in [5.74, 6) is 0.701. The van der Waals surface area contributed by atoms with E-state index >= 15 is 0 Å². The molecule has 0 saturated carbocycles. The predicted octanol–water partition coefficient (Wildman–Crippen LogP) is 0.934. The van der Waals surface area contributed by atoms with Crippen LogP contribution in [0.4, 0.5) is 0 Å². The number of hydrogen-bond donors (Lipinski definition) is 1. The minimum absolute atomic E-state index is 0.0403. The number of ether oxygens (including phenoxy) is 1. The number of fused-ring (bicyclic) bond motifs is 1. The minimum atomic E-state index is -0.184. The SMILES string of the molecule is Cc1ccc2cc(CN3CCOC(c4nnnn4C)C3)c(=O)[nH]c2c1. The summed E-state index contributed by atoms with van der Waals surface area (Å²) in [5.41, 5.74) is 2.72. The molecule has 130 valence electrons. The lowest BCUT2D eigenvalue weighted by Crippen LogP contribution is -2.39. The van der Waals surface area contributed by atoms with Crippen molar-refractivity contribution in [3.05, 3.63) is 51.6 Å². The first kappa shape index (κ1) is 15.9. The molecule has 4 rings (SSSR count). The molecule has 8 heteroatoms. The summed E-state index contributed by atoms with van der Waals surface area (Å²) in [6.45, 7) is 4.60. The van der Waals surface area contributed by atoms with Crippen LogP contribution < -0.4 is 5.56 Å². The van der Waals surface area contributed by atoms with E-state index in [2.05, 4.69) is 31.5 Å². The van der Waals surface area contributed by atoms with Crippen molar-refractivity contribution in [1.82, 2.24) is 30.1 Å². The van der Waals surface area contributed by atoms with E-state index < -0.39 is 0 Å². The topological polar surface area (TPSA) is 88.9 Å². The van der Waals surface area contributed by atoms with Gasteiger partial charge >= 0.3 is 0 Å². The highest BCUT2D eigenvalue weighted by Crippen LogP contribution is 2.21. The van der Waals surface area contributed by atoms with Gasteiger partial charge in [-0.3, -0.25) is 9.69 Å². The molecule has 3 heterocycles. The lowest BCUT2D eigenvalue weighted by Gasteiger charge is -2.31. The third-order valence-electron chi connectivity index (χ3n) is 4.56. The highest BCUT2D eigenvalue weighted by atomic mass is 16.5. The predicted molar refractivity (Wildman–Crippen MR) is 92.1 cm³/mol. The molecular weight excluding hydrogens is 320 g/mol. The number of nitrogens with one attached hydrogen (secondary N) is 1. The summed E-state index contributed by atoms with van der Waals surface area (Å²) in [7, 11) is 1.80. The lowest BCUT2D eigenvalue weighted by molar-refractivity contribution is -0.0389. The summed E-state index contributed by atoms with van der Waals surface area (Å²) >= 11 is 0. The number of aryl methyl sites for hydroxylation is 2. The van der Waals surface area contributed by atoms with E-state index in [1.807, 2.05) is 25.1 Å². The summed E-state index contributed by atoms with van der Waals surface area (Å²) in [6, 6.07) is 8.06. The highest BCUT2D eigenvalue weighted by molar-refractivity contribution is 5.79. The van der Waals surface area contributed by atoms with Crippen LogP contribution in [-0.4, -0.2) is 49.8 Å². The average molecular weight is 340 g/mol. The monoisotopic (exact) mass is 340 g/mol. The molecule has 0 aliphatic carbocycles. The van der Waals surface area contributed by atoms with Gasteiger partial charge in [-0.25, -0.2) is 4.68 Å². The fourth-order valence-corrected chi connectivity index (χ4v) is 3.23. The Morgan fingerprint density at radius 2 is 2.24 bits per heavy atom. The van der Waals surface area contributed by atoms with Gasteiger partial charge in [0.05, 0.1) is 6.61 Å². The van der Waals surface area contributed by atoms with Crippen LogP contribution in [0.5, 0.6) is 0 Å². The molecular formula is C17H20N6O2. The zero-order chi connectivity index (χ0) is 17.4. The maximum atomic E-state index is 12.4. The smallest absolute Gasteiger partial charge is 0.252 e. The van der Waals surface area contributed by atoms with Crippen LogP contribution in [0.1, 0.15) is 23.1 Å². The van der Waals surface area contributed by atoms with Gasteiger partial charge in [0.1, 0.15) is 6.10 Å². The van der Waals surface area contributed by atoms with Gasteiger partial charge in [-0.05, 0) is 40.4 Å². The zero-order valence-corrected chi connectivity index (χ0v) is 14.3. The van der Waals surface area contributed by atoms with Crippen LogP contribution >= 0.6 is 0 Å². The van der Waals surface area contributed by atoms with Gasteiger partial charge in [0, 0.05) is 37.8 Å². The van der Waals surface area contributed by atoms with Crippen LogP contribution in [0.2, 0.25) is 0 Å². The van der Waals surface area contributed by atoms with Crippen molar-refractivity contribution in [3.63, 3.8) is 0 Å². The fraction of sp³-hybridized carbons (Fsp3) is 0.412. The van der Waals surface area contributed by atoms with Gasteiger partial charge in [-0.1, -0.05) is 12.1 Å². The molecule has 0 spiro atoms. The van der Waals surface area contributed by atoms with E-state index in [-0.39, 0.29) is 11.7 Å². The van der Waals surface area contributed by atoms with Gasteiger partial charge < -0.3 is 9.72 Å². The second kappa shape index (κ2) is 6.38. The number of nitrogens with zero attached hydrogens (tertiary/aromatic N) is 5. The molecule has 1 aliphatic heterocycles. The number of rotatable bonds is 3. The first-order valence-corrected chi connectivity index (χ1v) is 8.29. The Kier molecular flexibility index (Phi) is 4.06. The summed E-state index contributed by atoms with van der Waals surface area (Å²) in [4.78, 5) is 17.6. The molecule has 0 bridgehead atoms. The molecule has 25 heavy (non-hydrogen) atoms. The third-order valence-corrected chi connectivity index (χ3v) is 4.56. The van der Waals surface area contributed by atoms with Crippen molar-refractivity contribution >= 4 is 10.9 Å². The van der Waals surface area contributed by atoms with Crippen molar-refractivity contribution < 1.29 is 4.74 Å². The number of pyridine rings is 1. The molecule has 3 aromatic rings. The molecule has 1 atom stereocenters. The molecule has 8 nitrogen and oxygen atoms in total. The van der Waals surface area contributed by atoms with Gasteiger partial charge in [0.15, 0.2) is 5.82 Å². The minimum Gasteiger partial charge on any atom is -0.367 e. The highest BCUT2D eigenvalue weighted by Gasteiger charge is 2.26. The molecule has 1 unspecified atom stereocenters. The molecule has 1 fully saturated rings. The Morgan fingerprint density at radius 1 is 1.36 bits per heavy atom. The van der Waals surface area contributed by atoms with E-state index in [0.717, 1.165) is 28.6 Å². The Labute approximate surface area is 144 Å². The Balaban J connectivity index is 1.56. The first-order chi connectivity index (χ1) is 12.1. The van der Waals surface area contributed by atoms with Crippen LogP contribution in [-0.2, 0) is 18.3 Å². The van der Waals surface area contributed by atoms with E-state index in [1.54, 1.807) is 11.7 Å². The quantitative estimate of drug-likeness (QED) is 0.763. The van der Waals surface area contributed by atoms with Crippen molar-refractivity contribution in [1.29, 1.82) is 0 Å². The van der Waals surface area contributed by atoms with Crippen LogP contribution in [0.25, 0.3) is 10.9 Å². The van der Waals surface area contributed by atoms with Crippen molar-refractivity contribution in [3.8, 4) is 0 Å². The lowest BCUT2D eigenvalue weighted by atomic mass is 10.1. The van der Waals surface area contributed by atoms with Crippen LogP contribution in [0, 0.1) is 6.92 Å². The van der Waals surface area contributed by atoms with Crippen molar-refractivity contribution in [2.45, 2.75) is 19.6 Å². The van der Waals surface area contributed by atoms with E-state index in [4.69, 9.17) is 4.74 Å². The molecule has 2 aromatic heterocycles. The largest absolute Gasteiger partial charge is 0.367 e. The summed E-state index contributed by atoms with van der Waals surface area (Å²) < 4.78 is 7.42. The zero-order valence-electron chi connectivity index (χ0n) is 14.3. The molecule has 1 aliphatic rings. The van der Waals surface area contributed by atoms with Gasteiger partial charge in [0.25, 0.3) is 5.56 Å². The standard InChI is InChI=1S/C17H20N6O2/c1-11-3-4-12-8-13(17(24)18-14(12)7-11)9-23-5-6-25-15(10-23)16-19-20-21-22(16)2/h3-4,7-8,15H,5-6,9-10H2,1-2H3,(H,18,24). The first-order valence-electron chi connectivity index (χ1n) is 8.29. The van der Waals surface area contributed by atoms with Crippen LogP contribution in [0.3, 0.4) is 0 Å². The van der Waals surface area contributed by atoms with E-state index in [9.17, 15) is 4.79 Å². The number of tetrazole rings is 1. The Bertz CT molecular complexity index is 963. The molecule has 0 amide bonds. The van der Waals surface area contributed by atoms with E-state index in [0.29, 0.717) is 25.5 Å². The number of aromatic amines is 1. The summed E-state index contributed by atoms with van der Waals surface area (Å²) in [5, 5.41) is 12.6. The van der Waals surface area contributed by atoms with Crippen molar-refractivity contribution in [2.24, 2.45) is 7.05 Å². The molecule has 0 radical (unpaired) electrons. The number of H-pyrrole nitrogens is 1. The second-order valence-corrected chi connectivity index (χ2v) is 6.47. The number of hydrogen-bond acceptors (Lipinski definition) is 6. The number of morpholine rings is 1. The normalized spacial score (nSPS) is 18.7. The molecule has 1 saturated heterocycles. The van der Waals surface area contributed by atoms with Crippen LogP contribution in [0.15, 0.2) is 29.1 Å². The average Bonchev–Trinajstić information content (AvgIpc) is 3.02. The second-order valence-electron chi connectivity index (χ2n) is 6.47. The molecule has 1 aromatic carbocycles. The maximum absolute atomic E-state index is 12.4. The maximum Gasteiger partial charge on any atom is 0.252 e. The van der Waals surface area contributed by atoms with E-state index in [1.165, 1.54) is 0 Å². The third kappa shape index (κ3) is 3.18. The van der Waals surface area contributed by atoms with Gasteiger partial charge in [-0.15, -0.1) is 5.10 Å². The Morgan fingerprint density at radius 3 is 3.04 bits per heavy atom. The van der Waals surface area contributed by atoms with Crippen molar-refractivity contribution in [2.75, 3.05) is 19.7 Å². The fourth-order valence-electron chi connectivity index (χ4n) is 3.23. The Hall–Kier alpha value is -2.58. The van der Waals surface area contributed by atoms with Gasteiger partial charge in [0.2, 0.25) is 0 Å².